The smallest absolute Gasteiger partial charge is 0.213 e. The molecule has 7 heteroatoms. The van der Waals surface area contributed by atoms with E-state index in [1.807, 2.05) is 0 Å². The van der Waals surface area contributed by atoms with Crippen LogP contribution in [0.3, 0.4) is 0 Å². The zero-order valence-electron chi connectivity index (χ0n) is 16.3. The van der Waals surface area contributed by atoms with Crippen LogP contribution in [-0.2, 0) is 16.3 Å². The number of piperidine rings is 1. The summed E-state index contributed by atoms with van der Waals surface area (Å²) in [6, 6.07) is 10.1. The second kappa shape index (κ2) is 7.72. The van der Waals surface area contributed by atoms with Gasteiger partial charge in [0.05, 0.1) is 11.5 Å². The van der Waals surface area contributed by atoms with Crippen molar-refractivity contribution >= 4 is 9.84 Å². The molecular formula is C21H26N2O4S. The highest BCUT2D eigenvalue weighted by atomic mass is 32.2. The minimum atomic E-state index is -3.23. The van der Waals surface area contributed by atoms with E-state index in [1.165, 1.54) is 23.6 Å². The van der Waals surface area contributed by atoms with Gasteiger partial charge in [0.1, 0.15) is 11.9 Å². The zero-order valence-corrected chi connectivity index (χ0v) is 17.1. The minimum absolute atomic E-state index is 0.100. The van der Waals surface area contributed by atoms with Crippen molar-refractivity contribution in [1.29, 1.82) is 0 Å². The molecule has 1 atom stereocenters. The van der Waals surface area contributed by atoms with E-state index in [2.05, 4.69) is 35.0 Å². The Morgan fingerprint density at radius 3 is 2.68 bits per heavy atom. The molecule has 0 radical (unpaired) electrons. The zero-order chi connectivity index (χ0) is 19.7. The fraction of sp³-hybridized carbons (Fsp3) is 0.476. The summed E-state index contributed by atoms with van der Waals surface area (Å²) in [4.78, 5) is 6.82. The van der Waals surface area contributed by atoms with Crippen molar-refractivity contribution < 1.29 is 17.9 Å². The van der Waals surface area contributed by atoms with Crippen LogP contribution in [0.25, 0.3) is 0 Å². The molecular weight excluding hydrogens is 376 g/mol. The Morgan fingerprint density at radius 1 is 1.21 bits per heavy atom. The average Bonchev–Trinajstić information content (AvgIpc) is 3.15. The molecule has 2 aliphatic heterocycles. The summed E-state index contributed by atoms with van der Waals surface area (Å²) in [5.74, 6) is 1.51. The predicted molar refractivity (Wildman–Crippen MR) is 107 cm³/mol. The van der Waals surface area contributed by atoms with Crippen LogP contribution < -0.4 is 9.47 Å². The molecule has 1 aromatic heterocycles. The van der Waals surface area contributed by atoms with Crippen LogP contribution in [0.4, 0.5) is 0 Å². The lowest BCUT2D eigenvalue weighted by Crippen LogP contribution is -2.39. The van der Waals surface area contributed by atoms with E-state index in [1.54, 1.807) is 12.1 Å². The summed E-state index contributed by atoms with van der Waals surface area (Å²) >= 11 is 0. The highest BCUT2D eigenvalue weighted by molar-refractivity contribution is 7.90. The van der Waals surface area contributed by atoms with Crippen molar-refractivity contribution in [3.63, 3.8) is 0 Å². The molecule has 0 N–H and O–H groups in total. The highest BCUT2D eigenvalue weighted by Crippen LogP contribution is 2.32. The molecule has 3 heterocycles. The summed E-state index contributed by atoms with van der Waals surface area (Å²) in [6.45, 7) is 4.93. The first-order valence-corrected chi connectivity index (χ1v) is 11.6. The van der Waals surface area contributed by atoms with Gasteiger partial charge in [0.25, 0.3) is 0 Å². The molecule has 150 valence electrons. The number of nitrogens with zero attached hydrogens (tertiary/aromatic N) is 2. The van der Waals surface area contributed by atoms with Crippen LogP contribution in [0, 0.1) is 0 Å². The summed E-state index contributed by atoms with van der Waals surface area (Å²) in [6.07, 6.45) is 5.48. The van der Waals surface area contributed by atoms with E-state index in [-0.39, 0.29) is 11.0 Å². The molecule has 2 aliphatic rings. The maximum Gasteiger partial charge on any atom is 0.213 e. The van der Waals surface area contributed by atoms with E-state index in [0.717, 1.165) is 44.7 Å². The van der Waals surface area contributed by atoms with Crippen LogP contribution in [0.2, 0.25) is 0 Å². The number of pyridine rings is 1. The predicted octanol–water partition coefficient (Wildman–Crippen LogP) is 3.02. The van der Waals surface area contributed by atoms with Gasteiger partial charge in [-0.1, -0.05) is 12.1 Å². The van der Waals surface area contributed by atoms with Gasteiger partial charge < -0.3 is 9.47 Å². The fourth-order valence-corrected chi connectivity index (χ4v) is 4.42. The number of fused-ring (bicyclic) bond motifs is 1. The maximum absolute atomic E-state index is 11.5. The lowest BCUT2D eigenvalue weighted by atomic mass is 10.00. The average molecular weight is 403 g/mol. The quantitative estimate of drug-likeness (QED) is 0.766. The Hall–Kier alpha value is -2.12. The Morgan fingerprint density at radius 2 is 2.00 bits per heavy atom. The second-order valence-electron chi connectivity index (χ2n) is 7.60. The first-order chi connectivity index (χ1) is 13.4. The number of benzene rings is 1. The Balaban J connectivity index is 1.33. The van der Waals surface area contributed by atoms with Crippen molar-refractivity contribution in [2.75, 3.05) is 26.0 Å². The standard InChI is InChI=1S/C21H26N2O4S/c1-15(17-4-3-16-9-12-26-20(16)13-17)23-10-7-18(8-11-23)27-21-6-5-19(14-22-21)28(2,24)25/h3-6,13-15,18H,7-12H2,1-2H3. The topological polar surface area (TPSA) is 68.7 Å². The largest absolute Gasteiger partial charge is 0.493 e. The van der Waals surface area contributed by atoms with E-state index in [9.17, 15) is 8.42 Å². The van der Waals surface area contributed by atoms with E-state index in [4.69, 9.17) is 9.47 Å². The van der Waals surface area contributed by atoms with Crippen molar-refractivity contribution in [2.24, 2.45) is 0 Å². The van der Waals surface area contributed by atoms with Crippen LogP contribution in [0.5, 0.6) is 11.6 Å². The molecule has 1 aromatic carbocycles. The SMILES string of the molecule is CC(c1ccc2c(c1)OCC2)N1CCC(Oc2ccc(S(C)(=O)=O)cn2)CC1. The summed E-state index contributed by atoms with van der Waals surface area (Å²) in [5.41, 5.74) is 2.59. The van der Waals surface area contributed by atoms with Gasteiger partial charge in [-0.3, -0.25) is 4.90 Å². The lowest BCUT2D eigenvalue weighted by Gasteiger charge is -2.36. The van der Waals surface area contributed by atoms with Gasteiger partial charge in [0, 0.05) is 44.1 Å². The number of hydrogen-bond acceptors (Lipinski definition) is 6. The lowest BCUT2D eigenvalue weighted by molar-refractivity contribution is 0.0767. The first kappa shape index (κ1) is 19.2. The Bertz CT molecular complexity index is 935. The number of ether oxygens (including phenoxy) is 2. The van der Waals surface area contributed by atoms with Crippen molar-refractivity contribution in [3.05, 3.63) is 47.7 Å². The number of hydrogen-bond donors (Lipinski definition) is 0. The first-order valence-electron chi connectivity index (χ1n) is 9.72. The normalized spacial score (nSPS) is 19.1. The molecule has 6 nitrogen and oxygen atoms in total. The molecule has 0 aliphatic carbocycles. The van der Waals surface area contributed by atoms with Crippen molar-refractivity contribution in [2.45, 2.75) is 43.2 Å². The Kier molecular flexibility index (Phi) is 5.29. The molecule has 0 bridgehead atoms. The van der Waals surface area contributed by atoms with Gasteiger partial charge in [-0.2, -0.15) is 0 Å². The van der Waals surface area contributed by atoms with Crippen LogP contribution in [0.15, 0.2) is 41.4 Å². The van der Waals surface area contributed by atoms with Crippen LogP contribution >= 0.6 is 0 Å². The molecule has 0 amide bonds. The number of rotatable bonds is 5. The van der Waals surface area contributed by atoms with Crippen LogP contribution in [0.1, 0.15) is 36.9 Å². The van der Waals surface area contributed by atoms with Crippen molar-refractivity contribution in [3.8, 4) is 11.6 Å². The molecule has 0 saturated carbocycles. The minimum Gasteiger partial charge on any atom is -0.493 e. The maximum atomic E-state index is 11.5. The molecule has 1 unspecified atom stereocenters. The van der Waals surface area contributed by atoms with Gasteiger partial charge in [0.2, 0.25) is 5.88 Å². The van der Waals surface area contributed by atoms with Gasteiger partial charge in [-0.05, 0) is 43.0 Å². The number of likely N-dealkylation sites (tertiary alicyclic amines) is 1. The Labute approximate surface area is 166 Å². The van der Waals surface area contributed by atoms with Gasteiger partial charge in [0.15, 0.2) is 9.84 Å². The van der Waals surface area contributed by atoms with Crippen LogP contribution in [-0.4, -0.2) is 50.4 Å². The third kappa shape index (κ3) is 4.15. The summed E-state index contributed by atoms with van der Waals surface area (Å²) in [5, 5.41) is 0. The third-order valence-electron chi connectivity index (χ3n) is 5.65. The number of aromatic nitrogens is 1. The third-order valence-corrected chi connectivity index (χ3v) is 6.75. The fourth-order valence-electron chi connectivity index (χ4n) is 3.86. The van der Waals surface area contributed by atoms with Gasteiger partial charge in [-0.25, -0.2) is 13.4 Å². The second-order valence-corrected chi connectivity index (χ2v) is 9.61. The van der Waals surface area contributed by atoms with Gasteiger partial charge >= 0.3 is 0 Å². The molecule has 1 saturated heterocycles. The monoisotopic (exact) mass is 402 g/mol. The molecule has 4 rings (SSSR count). The molecule has 28 heavy (non-hydrogen) atoms. The molecule has 0 spiro atoms. The number of sulfone groups is 1. The van der Waals surface area contributed by atoms with Gasteiger partial charge in [-0.15, -0.1) is 0 Å². The van der Waals surface area contributed by atoms with E-state index >= 15 is 0 Å². The summed E-state index contributed by atoms with van der Waals surface area (Å²) < 4.78 is 34.7. The molecule has 1 fully saturated rings. The summed E-state index contributed by atoms with van der Waals surface area (Å²) in [7, 11) is -3.23. The van der Waals surface area contributed by atoms with E-state index in [0.29, 0.717) is 11.9 Å². The van der Waals surface area contributed by atoms with Crippen molar-refractivity contribution in [1.82, 2.24) is 9.88 Å². The van der Waals surface area contributed by atoms with E-state index < -0.39 is 9.84 Å². The highest BCUT2D eigenvalue weighted by Gasteiger charge is 2.26. The molecule has 2 aromatic rings.